The normalized spacial score (nSPS) is 10.6. The predicted molar refractivity (Wildman–Crippen MR) is 96.6 cm³/mol. The summed E-state index contributed by atoms with van der Waals surface area (Å²) in [6.07, 6.45) is -2.34. The molecule has 0 unspecified atom stereocenters. The van der Waals surface area contributed by atoms with Gasteiger partial charge in [0, 0.05) is 4.90 Å². The summed E-state index contributed by atoms with van der Waals surface area (Å²) in [7, 11) is 0. The lowest BCUT2D eigenvalue weighted by Crippen LogP contribution is -2.16. The van der Waals surface area contributed by atoms with Crippen LogP contribution in [0, 0.1) is 0 Å². The van der Waals surface area contributed by atoms with Crippen LogP contribution < -0.4 is 9.47 Å². The summed E-state index contributed by atoms with van der Waals surface area (Å²) in [6, 6.07) is 12.9. The third kappa shape index (κ3) is 8.72. The molecule has 0 aliphatic rings. The molecular formula is C19H23F3O2S. The Morgan fingerprint density at radius 1 is 0.840 bits per heavy atom. The zero-order chi connectivity index (χ0) is 18.7. The fourth-order valence-electron chi connectivity index (χ4n) is 1.78. The maximum absolute atomic E-state index is 12.1. The number of rotatable bonds is 7. The Morgan fingerprint density at radius 2 is 1.32 bits per heavy atom. The first-order valence-electron chi connectivity index (χ1n) is 8.23. The van der Waals surface area contributed by atoms with E-state index in [4.69, 9.17) is 4.74 Å². The minimum atomic E-state index is -4.69. The third-order valence-corrected chi connectivity index (χ3v) is 3.98. The first kappa shape index (κ1) is 21.2. The highest BCUT2D eigenvalue weighted by molar-refractivity contribution is 7.99. The van der Waals surface area contributed by atoms with Crippen molar-refractivity contribution in [3.63, 3.8) is 0 Å². The summed E-state index contributed by atoms with van der Waals surface area (Å²) in [4.78, 5) is 1.17. The van der Waals surface area contributed by atoms with E-state index >= 15 is 0 Å². The first-order valence-corrected chi connectivity index (χ1v) is 9.21. The van der Waals surface area contributed by atoms with Crippen molar-refractivity contribution >= 4 is 11.8 Å². The predicted octanol–water partition coefficient (Wildman–Crippen LogP) is 7.30. The van der Waals surface area contributed by atoms with Crippen LogP contribution in [0.2, 0.25) is 0 Å². The number of alkyl halides is 3. The number of hydrogen-bond acceptors (Lipinski definition) is 3. The second kappa shape index (κ2) is 10.9. The van der Waals surface area contributed by atoms with Gasteiger partial charge in [-0.25, -0.2) is 0 Å². The molecule has 0 amide bonds. The fraction of sp³-hybridized carbons (Fsp3) is 0.368. The van der Waals surface area contributed by atoms with Gasteiger partial charge in [0.15, 0.2) is 0 Å². The second-order valence-corrected chi connectivity index (χ2v) is 5.96. The van der Waals surface area contributed by atoms with E-state index in [0.29, 0.717) is 11.5 Å². The van der Waals surface area contributed by atoms with Crippen molar-refractivity contribution in [2.45, 2.75) is 44.9 Å². The Kier molecular flexibility index (Phi) is 9.27. The van der Waals surface area contributed by atoms with Crippen LogP contribution in [0.5, 0.6) is 17.2 Å². The molecule has 0 bridgehead atoms. The zero-order valence-electron chi connectivity index (χ0n) is 14.6. The maximum Gasteiger partial charge on any atom is 0.573 e. The molecule has 0 saturated heterocycles. The molecule has 2 aromatic rings. The van der Waals surface area contributed by atoms with Crippen LogP contribution in [0.3, 0.4) is 0 Å². The number of halogens is 3. The number of hydrogen-bond donors (Lipinski definition) is 0. The van der Waals surface area contributed by atoms with E-state index in [1.165, 1.54) is 42.0 Å². The summed E-state index contributed by atoms with van der Waals surface area (Å²) >= 11 is 1.79. The lowest BCUT2D eigenvalue weighted by molar-refractivity contribution is -0.274. The van der Waals surface area contributed by atoms with Gasteiger partial charge in [0.25, 0.3) is 0 Å². The topological polar surface area (TPSA) is 18.5 Å². The van der Waals surface area contributed by atoms with Crippen LogP contribution in [-0.2, 0) is 0 Å². The van der Waals surface area contributed by atoms with Crippen molar-refractivity contribution in [3.05, 3.63) is 48.5 Å². The van der Waals surface area contributed by atoms with Crippen LogP contribution in [0.4, 0.5) is 13.2 Å². The van der Waals surface area contributed by atoms with Gasteiger partial charge < -0.3 is 9.47 Å². The van der Waals surface area contributed by atoms with E-state index in [-0.39, 0.29) is 5.75 Å². The Bertz CT molecular complexity index is 596. The molecule has 0 aliphatic heterocycles. The Balaban J connectivity index is 0.00000151. The van der Waals surface area contributed by atoms with E-state index in [1.807, 2.05) is 38.1 Å². The van der Waals surface area contributed by atoms with Crippen molar-refractivity contribution < 1.29 is 22.6 Å². The van der Waals surface area contributed by atoms with Crippen LogP contribution in [-0.4, -0.2) is 12.1 Å². The summed E-state index contributed by atoms with van der Waals surface area (Å²) in [6.45, 7) is 6.16. The largest absolute Gasteiger partial charge is 0.573 e. The molecule has 0 fully saturated rings. The van der Waals surface area contributed by atoms with Gasteiger partial charge in [-0.1, -0.05) is 27.2 Å². The van der Waals surface area contributed by atoms with Crippen molar-refractivity contribution in [1.29, 1.82) is 0 Å². The minimum absolute atomic E-state index is 0.271. The van der Waals surface area contributed by atoms with Crippen molar-refractivity contribution in [2.24, 2.45) is 0 Å². The molecular weight excluding hydrogens is 349 g/mol. The lowest BCUT2D eigenvalue weighted by atomic mass is 10.3. The highest BCUT2D eigenvalue weighted by Crippen LogP contribution is 2.28. The van der Waals surface area contributed by atoms with Crippen LogP contribution in [0.1, 0.15) is 33.6 Å². The average molecular weight is 372 g/mol. The Labute approximate surface area is 151 Å². The summed E-state index contributed by atoms with van der Waals surface area (Å²) in [5, 5.41) is 0. The Morgan fingerprint density at radius 3 is 1.80 bits per heavy atom. The zero-order valence-corrected chi connectivity index (χ0v) is 15.4. The van der Waals surface area contributed by atoms with Gasteiger partial charge in [-0.05, 0) is 60.7 Å². The molecule has 2 aromatic carbocycles. The SMILES string of the molecule is CC.CCCCSc1ccc(Oc2ccc(OC(F)(F)F)cc2)cc1. The first-order chi connectivity index (χ1) is 12.0. The molecule has 0 atom stereocenters. The monoisotopic (exact) mass is 372 g/mol. The molecule has 2 nitrogen and oxygen atoms in total. The van der Waals surface area contributed by atoms with Gasteiger partial charge in [-0.15, -0.1) is 24.9 Å². The molecule has 2 rings (SSSR count). The van der Waals surface area contributed by atoms with Gasteiger partial charge in [-0.3, -0.25) is 0 Å². The maximum atomic E-state index is 12.1. The van der Waals surface area contributed by atoms with E-state index in [1.54, 1.807) is 11.8 Å². The van der Waals surface area contributed by atoms with Gasteiger partial charge >= 0.3 is 6.36 Å². The molecule has 0 saturated carbocycles. The molecule has 0 N–H and O–H groups in total. The fourth-order valence-corrected chi connectivity index (χ4v) is 2.78. The Hall–Kier alpha value is -1.82. The summed E-state index contributed by atoms with van der Waals surface area (Å²) < 4.78 is 45.7. The van der Waals surface area contributed by atoms with Crippen LogP contribution >= 0.6 is 11.8 Å². The number of unbranched alkanes of at least 4 members (excludes halogenated alkanes) is 1. The second-order valence-electron chi connectivity index (χ2n) is 4.79. The third-order valence-electron chi connectivity index (χ3n) is 2.88. The highest BCUT2D eigenvalue weighted by atomic mass is 32.2. The summed E-state index contributed by atoms with van der Waals surface area (Å²) in [5.41, 5.74) is 0. The quantitative estimate of drug-likeness (QED) is 0.375. The van der Waals surface area contributed by atoms with E-state index in [2.05, 4.69) is 11.7 Å². The van der Waals surface area contributed by atoms with Crippen LogP contribution in [0.15, 0.2) is 53.4 Å². The molecule has 0 heterocycles. The number of benzene rings is 2. The minimum Gasteiger partial charge on any atom is -0.457 e. The molecule has 0 aromatic heterocycles. The van der Waals surface area contributed by atoms with Gasteiger partial charge in [0.05, 0.1) is 0 Å². The van der Waals surface area contributed by atoms with Crippen molar-refractivity contribution in [2.75, 3.05) is 5.75 Å². The smallest absolute Gasteiger partial charge is 0.457 e. The average Bonchev–Trinajstić information content (AvgIpc) is 2.59. The standard InChI is InChI=1S/C17H17F3O2S.C2H6/c1-2-3-12-23-16-10-8-14(9-11-16)21-13-4-6-15(7-5-13)22-17(18,19)20;1-2/h4-11H,2-3,12H2,1H3;1-2H3. The van der Waals surface area contributed by atoms with Crippen LogP contribution in [0.25, 0.3) is 0 Å². The number of ether oxygens (including phenoxy) is 2. The summed E-state index contributed by atoms with van der Waals surface area (Å²) in [5.74, 6) is 1.89. The van der Waals surface area contributed by atoms with E-state index < -0.39 is 6.36 Å². The molecule has 25 heavy (non-hydrogen) atoms. The van der Waals surface area contributed by atoms with Gasteiger partial charge in [0.2, 0.25) is 0 Å². The van der Waals surface area contributed by atoms with Gasteiger partial charge in [0.1, 0.15) is 17.2 Å². The molecule has 0 radical (unpaired) electrons. The molecule has 0 spiro atoms. The van der Waals surface area contributed by atoms with Crippen molar-refractivity contribution in [3.8, 4) is 17.2 Å². The van der Waals surface area contributed by atoms with E-state index in [9.17, 15) is 13.2 Å². The highest BCUT2D eigenvalue weighted by Gasteiger charge is 2.30. The lowest BCUT2D eigenvalue weighted by Gasteiger charge is -2.10. The number of thioether (sulfide) groups is 1. The molecule has 138 valence electrons. The van der Waals surface area contributed by atoms with Gasteiger partial charge in [-0.2, -0.15) is 0 Å². The van der Waals surface area contributed by atoms with E-state index in [0.717, 1.165) is 5.75 Å². The van der Waals surface area contributed by atoms with Crippen molar-refractivity contribution in [1.82, 2.24) is 0 Å². The molecule has 6 heteroatoms. The molecule has 0 aliphatic carbocycles.